The van der Waals surface area contributed by atoms with Gasteiger partial charge in [-0.3, -0.25) is 4.79 Å². The second kappa shape index (κ2) is 4.91. The molecule has 1 unspecified atom stereocenters. The van der Waals surface area contributed by atoms with E-state index < -0.39 is 22.9 Å². The lowest BCUT2D eigenvalue weighted by Gasteiger charge is -2.11. The molecule has 1 aromatic carbocycles. The van der Waals surface area contributed by atoms with E-state index in [0.717, 1.165) is 6.07 Å². The summed E-state index contributed by atoms with van der Waals surface area (Å²) in [5, 5.41) is -0.832. The molecule has 0 saturated carbocycles. The highest BCUT2D eigenvalue weighted by atomic mass is 127. The Balaban J connectivity index is 3.23. The average Bonchev–Trinajstić information content (AvgIpc) is 2.15. The lowest BCUT2D eigenvalue weighted by atomic mass is 10.1. The summed E-state index contributed by atoms with van der Waals surface area (Å²) in [6.07, 6.45) is -4.46. The minimum absolute atomic E-state index is 0.0183. The maximum Gasteiger partial charge on any atom is 0.417 e. The zero-order chi connectivity index (χ0) is 12.5. The lowest BCUT2D eigenvalue weighted by molar-refractivity contribution is -0.138. The molecule has 0 amide bonds. The molecule has 6 heteroatoms. The molecule has 1 aromatic rings. The van der Waals surface area contributed by atoms with Gasteiger partial charge >= 0.3 is 6.18 Å². The third kappa shape index (κ3) is 3.10. The molecule has 0 saturated heterocycles. The molecule has 0 aliphatic rings. The molecule has 0 aliphatic carbocycles. The summed E-state index contributed by atoms with van der Waals surface area (Å²) in [5.41, 5.74) is -0.827. The Morgan fingerprint density at radius 2 is 2.00 bits per heavy atom. The van der Waals surface area contributed by atoms with E-state index in [4.69, 9.17) is 11.6 Å². The molecule has 1 rings (SSSR count). The van der Waals surface area contributed by atoms with E-state index >= 15 is 0 Å². The maximum atomic E-state index is 12.5. The number of halogens is 5. The van der Waals surface area contributed by atoms with Crippen molar-refractivity contribution in [3.63, 3.8) is 0 Å². The average molecular weight is 363 g/mol. The SMILES string of the molecule is CC(Cl)C(=O)c1ccc(I)c(C(F)(F)F)c1. The van der Waals surface area contributed by atoms with Crippen LogP contribution in [0.1, 0.15) is 22.8 Å². The van der Waals surface area contributed by atoms with Gasteiger partial charge in [-0.15, -0.1) is 11.6 Å². The largest absolute Gasteiger partial charge is 0.417 e. The van der Waals surface area contributed by atoms with E-state index in [1.54, 1.807) is 22.6 Å². The zero-order valence-electron chi connectivity index (χ0n) is 8.11. The van der Waals surface area contributed by atoms with E-state index in [0.29, 0.717) is 0 Å². The van der Waals surface area contributed by atoms with Crippen LogP contribution in [-0.4, -0.2) is 11.2 Å². The molecule has 0 heterocycles. The molecule has 0 N–H and O–H groups in total. The highest BCUT2D eigenvalue weighted by Gasteiger charge is 2.33. The Labute approximate surface area is 109 Å². The monoisotopic (exact) mass is 362 g/mol. The van der Waals surface area contributed by atoms with E-state index in [9.17, 15) is 18.0 Å². The summed E-state index contributed by atoms with van der Waals surface area (Å²) in [5.74, 6) is -0.511. The topological polar surface area (TPSA) is 17.1 Å². The van der Waals surface area contributed by atoms with Crippen LogP contribution in [0.2, 0.25) is 0 Å². The minimum atomic E-state index is -4.46. The van der Waals surface area contributed by atoms with Gasteiger partial charge in [-0.05, 0) is 41.6 Å². The van der Waals surface area contributed by atoms with E-state index in [1.165, 1.54) is 19.1 Å². The third-order valence-electron chi connectivity index (χ3n) is 1.92. The first-order valence-electron chi connectivity index (χ1n) is 4.28. The van der Waals surface area contributed by atoms with Gasteiger partial charge in [0.2, 0.25) is 0 Å². The fourth-order valence-electron chi connectivity index (χ4n) is 1.13. The number of carbonyl (C=O) groups excluding carboxylic acids is 1. The van der Waals surface area contributed by atoms with Crippen molar-refractivity contribution in [2.75, 3.05) is 0 Å². The fraction of sp³-hybridized carbons (Fsp3) is 0.300. The summed E-state index contributed by atoms with van der Waals surface area (Å²) < 4.78 is 37.7. The highest BCUT2D eigenvalue weighted by Crippen LogP contribution is 2.33. The Hall–Kier alpha value is -0.300. The number of ketones is 1. The first-order valence-corrected chi connectivity index (χ1v) is 5.80. The van der Waals surface area contributed by atoms with Crippen LogP contribution in [-0.2, 0) is 6.18 Å². The van der Waals surface area contributed by atoms with Crippen LogP contribution in [0.5, 0.6) is 0 Å². The van der Waals surface area contributed by atoms with Crippen molar-refractivity contribution in [1.82, 2.24) is 0 Å². The number of hydrogen-bond donors (Lipinski definition) is 0. The quantitative estimate of drug-likeness (QED) is 0.439. The number of rotatable bonds is 2. The van der Waals surface area contributed by atoms with Gasteiger partial charge in [-0.2, -0.15) is 13.2 Å². The number of Topliss-reactive ketones (excluding diaryl/α,β-unsaturated/α-hetero) is 1. The molecule has 1 nitrogen and oxygen atoms in total. The summed E-state index contributed by atoms with van der Waals surface area (Å²) in [6.45, 7) is 1.43. The van der Waals surface area contributed by atoms with Crippen molar-refractivity contribution in [3.8, 4) is 0 Å². The van der Waals surface area contributed by atoms with Crippen molar-refractivity contribution >= 4 is 40.0 Å². The van der Waals surface area contributed by atoms with Crippen molar-refractivity contribution < 1.29 is 18.0 Å². The Kier molecular flexibility index (Phi) is 4.23. The number of benzene rings is 1. The van der Waals surface area contributed by atoms with Crippen molar-refractivity contribution in [2.24, 2.45) is 0 Å². The number of alkyl halides is 4. The van der Waals surface area contributed by atoms with Crippen molar-refractivity contribution in [1.29, 1.82) is 0 Å². The normalized spacial score (nSPS) is 13.6. The minimum Gasteiger partial charge on any atom is -0.293 e. The number of hydrogen-bond acceptors (Lipinski definition) is 1. The summed E-state index contributed by atoms with van der Waals surface area (Å²) in [4.78, 5) is 11.4. The molecular weight excluding hydrogens is 355 g/mol. The van der Waals surface area contributed by atoms with Gasteiger partial charge in [-0.25, -0.2) is 0 Å². The molecule has 0 bridgehead atoms. The Morgan fingerprint density at radius 1 is 1.44 bits per heavy atom. The molecule has 16 heavy (non-hydrogen) atoms. The molecule has 1 atom stereocenters. The summed E-state index contributed by atoms with van der Waals surface area (Å²) in [6, 6.07) is 3.44. The molecule has 88 valence electrons. The summed E-state index contributed by atoms with van der Waals surface area (Å²) in [7, 11) is 0. The molecular formula is C10H7ClF3IO. The summed E-state index contributed by atoms with van der Waals surface area (Å²) >= 11 is 7.12. The van der Waals surface area contributed by atoms with Crippen LogP contribution >= 0.6 is 34.2 Å². The predicted molar refractivity (Wildman–Crippen MR) is 63.8 cm³/mol. The van der Waals surface area contributed by atoms with Crippen LogP contribution in [0.3, 0.4) is 0 Å². The van der Waals surface area contributed by atoms with E-state index in [2.05, 4.69) is 0 Å². The lowest BCUT2D eigenvalue weighted by Crippen LogP contribution is -2.14. The smallest absolute Gasteiger partial charge is 0.293 e. The first kappa shape index (κ1) is 13.8. The third-order valence-corrected chi connectivity index (χ3v) is 3.06. The Bertz CT molecular complexity index is 415. The Morgan fingerprint density at radius 3 is 2.44 bits per heavy atom. The molecule has 0 spiro atoms. The second-order valence-corrected chi connectivity index (χ2v) is 4.99. The highest BCUT2D eigenvalue weighted by molar-refractivity contribution is 14.1. The molecule has 0 aromatic heterocycles. The van der Waals surface area contributed by atoms with Crippen molar-refractivity contribution in [2.45, 2.75) is 18.5 Å². The standard InChI is InChI=1S/C10H7ClF3IO/c1-5(11)9(16)6-2-3-8(15)7(4-6)10(12,13)14/h2-5H,1H3. The predicted octanol–water partition coefficient (Wildman–Crippen LogP) is 4.12. The number of carbonyl (C=O) groups is 1. The maximum absolute atomic E-state index is 12.5. The molecule has 0 aliphatic heterocycles. The van der Waals surface area contributed by atoms with Gasteiger partial charge in [-0.1, -0.05) is 6.07 Å². The van der Waals surface area contributed by atoms with Crippen LogP contribution < -0.4 is 0 Å². The van der Waals surface area contributed by atoms with Crippen molar-refractivity contribution in [3.05, 3.63) is 32.9 Å². The molecule has 0 radical (unpaired) electrons. The first-order chi connectivity index (χ1) is 7.23. The van der Waals surface area contributed by atoms with E-state index in [-0.39, 0.29) is 9.13 Å². The van der Waals surface area contributed by atoms with Gasteiger partial charge in [0, 0.05) is 9.13 Å². The van der Waals surface area contributed by atoms with Gasteiger partial charge in [0.1, 0.15) is 0 Å². The van der Waals surface area contributed by atoms with Crippen LogP contribution in [0.4, 0.5) is 13.2 Å². The van der Waals surface area contributed by atoms with Gasteiger partial charge < -0.3 is 0 Å². The van der Waals surface area contributed by atoms with Gasteiger partial charge in [0.25, 0.3) is 0 Å². The fourth-order valence-corrected chi connectivity index (χ4v) is 1.89. The van der Waals surface area contributed by atoms with E-state index in [1.807, 2.05) is 0 Å². The van der Waals surface area contributed by atoms with Gasteiger partial charge in [0.05, 0.1) is 10.9 Å². The van der Waals surface area contributed by atoms with Gasteiger partial charge in [0.15, 0.2) is 5.78 Å². The molecule has 0 fully saturated rings. The second-order valence-electron chi connectivity index (χ2n) is 3.17. The van der Waals surface area contributed by atoms with Crippen LogP contribution in [0.15, 0.2) is 18.2 Å². The van der Waals surface area contributed by atoms with Crippen LogP contribution in [0, 0.1) is 3.57 Å². The van der Waals surface area contributed by atoms with Crippen LogP contribution in [0.25, 0.3) is 0 Å². The zero-order valence-corrected chi connectivity index (χ0v) is 11.0.